The van der Waals surface area contributed by atoms with Gasteiger partial charge in [0.25, 0.3) is 0 Å². The van der Waals surface area contributed by atoms with Crippen molar-refractivity contribution in [1.82, 2.24) is 30.6 Å². The third-order valence-corrected chi connectivity index (χ3v) is 5.86. The number of halogens is 1. The molecule has 1 saturated heterocycles. The van der Waals surface area contributed by atoms with Crippen LogP contribution in [0, 0.1) is 0 Å². The van der Waals surface area contributed by atoms with Crippen molar-refractivity contribution in [3.05, 3.63) is 77.4 Å². The molecule has 0 aliphatic carbocycles. The first-order valence-corrected chi connectivity index (χ1v) is 11.0. The van der Waals surface area contributed by atoms with Crippen LogP contribution < -0.4 is 5.32 Å². The van der Waals surface area contributed by atoms with Crippen LogP contribution in [0.3, 0.4) is 0 Å². The summed E-state index contributed by atoms with van der Waals surface area (Å²) in [4.78, 5) is 32.0. The Hall–Kier alpha value is -3.62. The fourth-order valence-electron chi connectivity index (χ4n) is 4.02. The van der Waals surface area contributed by atoms with Crippen LogP contribution in [0.5, 0.6) is 0 Å². The molecule has 1 fully saturated rings. The van der Waals surface area contributed by atoms with Crippen LogP contribution in [0.2, 0.25) is 0 Å². The zero-order valence-corrected chi connectivity index (χ0v) is 18.6. The predicted molar refractivity (Wildman–Crippen MR) is 120 cm³/mol. The standard InChI is InChI=1S/C24H27FN6O2/c1-15(2)17-8-9-20(26-12-17)23(16-6-4-3-5-7-16)28-24(33)21-10-18(25)14-31(21)22(32)11-19-13-27-30-29-19/h3-9,12-13,15,18,21,23H,10-11,14H2,1-2H3,(H,28,33)(H,27,29,30). The van der Waals surface area contributed by atoms with E-state index in [1.165, 1.54) is 11.1 Å². The average molecular weight is 451 g/mol. The van der Waals surface area contributed by atoms with E-state index in [4.69, 9.17) is 0 Å². The SMILES string of the molecule is CC(C)c1ccc(C(NC(=O)C2CC(F)CN2C(=O)Cc2cn[nH]n2)c2ccccc2)nc1. The van der Waals surface area contributed by atoms with Gasteiger partial charge in [0.15, 0.2) is 0 Å². The number of aromatic nitrogens is 4. The van der Waals surface area contributed by atoms with Crippen molar-refractivity contribution < 1.29 is 14.0 Å². The maximum Gasteiger partial charge on any atom is 0.243 e. The molecule has 0 radical (unpaired) electrons. The molecule has 172 valence electrons. The van der Waals surface area contributed by atoms with Gasteiger partial charge in [-0.3, -0.25) is 14.6 Å². The molecule has 0 saturated carbocycles. The molecule has 3 atom stereocenters. The average Bonchev–Trinajstić information content (AvgIpc) is 3.47. The van der Waals surface area contributed by atoms with E-state index in [1.54, 1.807) is 0 Å². The zero-order chi connectivity index (χ0) is 23.4. The van der Waals surface area contributed by atoms with E-state index in [9.17, 15) is 14.0 Å². The van der Waals surface area contributed by atoms with E-state index in [1.807, 2.05) is 48.7 Å². The number of alkyl halides is 1. The first-order valence-electron chi connectivity index (χ1n) is 11.0. The number of hydrogen-bond acceptors (Lipinski definition) is 5. The first-order chi connectivity index (χ1) is 15.9. The molecule has 33 heavy (non-hydrogen) atoms. The van der Waals surface area contributed by atoms with Crippen molar-refractivity contribution in [3.8, 4) is 0 Å². The van der Waals surface area contributed by atoms with Gasteiger partial charge in [-0.15, -0.1) is 0 Å². The normalized spacial score (nSPS) is 19.0. The van der Waals surface area contributed by atoms with Crippen LogP contribution in [0.15, 0.2) is 54.9 Å². The second-order valence-electron chi connectivity index (χ2n) is 8.56. The molecular formula is C24H27FN6O2. The highest BCUT2D eigenvalue weighted by atomic mass is 19.1. The Labute approximate surface area is 191 Å². The molecule has 2 aromatic heterocycles. The number of amides is 2. The van der Waals surface area contributed by atoms with Gasteiger partial charge in [0.1, 0.15) is 12.2 Å². The Kier molecular flexibility index (Phi) is 6.76. The third-order valence-electron chi connectivity index (χ3n) is 5.86. The lowest BCUT2D eigenvalue weighted by molar-refractivity contribution is -0.138. The third kappa shape index (κ3) is 5.24. The molecule has 3 unspecified atom stereocenters. The number of H-pyrrole nitrogens is 1. The molecule has 2 N–H and O–H groups in total. The lowest BCUT2D eigenvalue weighted by atomic mass is 10.00. The number of pyridine rings is 1. The summed E-state index contributed by atoms with van der Waals surface area (Å²) >= 11 is 0. The summed E-state index contributed by atoms with van der Waals surface area (Å²) < 4.78 is 14.3. The highest BCUT2D eigenvalue weighted by Crippen LogP contribution is 2.26. The second kappa shape index (κ2) is 9.89. The molecule has 0 bridgehead atoms. The van der Waals surface area contributed by atoms with Crippen LogP contribution >= 0.6 is 0 Å². The van der Waals surface area contributed by atoms with Crippen LogP contribution in [-0.2, 0) is 16.0 Å². The van der Waals surface area contributed by atoms with E-state index >= 15 is 0 Å². The Morgan fingerprint density at radius 2 is 1.94 bits per heavy atom. The highest BCUT2D eigenvalue weighted by molar-refractivity contribution is 5.89. The van der Waals surface area contributed by atoms with E-state index in [0.29, 0.717) is 17.3 Å². The Morgan fingerprint density at radius 1 is 1.15 bits per heavy atom. The number of aromatic amines is 1. The molecule has 0 spiro atoms. The summed E-state index contributed by atoms with van der Waals surface area (Å²) in [6.45, 7) is 4.06. The molecule has 3 aromatic rings. The molecule has 3 heterocycles. The number of benzene rings is 1. The molecule has 9 heteroatoms. The summed E-state index contributed by atoms with van der Waals surface area (Å²) in [6.07, 6.45) is 1.89. The fourth-order valence-corrected chi connectivity index (χ4v) is 4.02. The molecule has 2 amide bonds. The topological polar surface area (TPSA) is 104 Å². The largest absolute Gasteiger partial charge is 0.342 e. The number of nitrogens with zero attached hydrogens (tertiary/aromatic N) is 4. The van der Waals surface area contributed by atoms with Crippen molar-refractivity contribution in [1.29, 1.82) is 0 Å². The van der Waals surface area contributed by atoms with Gasteiger partial charge in [0.05, 0.1) is 36.6 Å². The summed E-state index contributed by atoms with van der Waals surface area (Å²) in [7, 11) is 0. The van der Waals surface area contributed by atoms with Crippen molar-refractivity contribution >= 4 is 11.8 Å². The quantitative estimate of drug-likeness (QED) is 0.576. The van der Waals surface area contributed by atoms with Gasteiger partial charge in [0.2, 0.25) is 11.8 Å². The minimum atomic E-state index is -1.26. The number of rotatable bonds is 7. The maximum absolute atomic E-state index is 14.3. The number of likely N-dealkylation sites (tertiary alicyclic amines) is 1. The minimum Gasteiger partial charge on any atom is -0.342 e. The van der Waals surface area contributed by atoms with Crippen molar-refractivity contribution in [2.24, 2.45) is 0 Å². The fraction of sp³-hybridized carbons (Fsp3) is 0.375. The molecule has 1 aliphatic heterocycles. The number of nitrogens with one attached hydrogen (secondary N) is 2. The Balaban J connectivity index is 1.56. The number of carbonyl (C=O) groups is 2. The number of hydrogen-bond donors (Lipinski definition) is 2. The first kappa shape index (κ1) is 22.6. The van der Waals surface area contributed by atoms with Crippen LogP contribution in [0.4, 0.5) is 4.39 Å². The van der Waals surface area contributed by atoms with Gasteiger partial charge in [-0.05, 0) is 23.1 Å². The maximum atomic E-state index is 14.3. The monoisotopic (exact) mass is 450 g/mol. The van der Waals surface area contributed by atoms with Crippen molar-refractivity contribution in [2.75, 3.05) is 6.54 Å². The summed E-state index contributed by atoms with van der Waals surface area (Å²) in [5.74, 6) is -0.437. The smallest absolute Gasteiger partial charge is 0.243 e. The molecular weight excluding hydrogens is 423 g/mol. The Morgan fingerprint density at radius 3 is 2.58 bits per heavy atom. The summed E-state index contributed by atoms with van der Waals surface area (Å²) in [5, 5.41) is 13.0. The van der Waals surface area contributed by atoms with Gasteiger partial charge in [0, 0.05) is 12.6 Å². The van der Waals surface area contributed by atoms with Crippen LogP contribution in [-0.4, -0.2) is 55.9 Å². The van der Waals surface area contributed by atoms with Crippen LogP contribution in [0.1, 0.15) is 54.7 Å². The lowest BCUT2D eigenvalue weighted by Gasteiger charge is -2.26. The predicted octanol–water partition coefficient (Wildman–Crippen LogP) is 2.71. The zero-order valence-electron chi connectivity index (χ0n) is 18.6. The van der Waals surface area contributed by atoms with Gasteiger partial charge in [-0.25, -0.2) is 4.39 Å². The molecule has 1 aromatic carbocycles. The molecule has 4 rings (SSSR count). The van der Waals surface area contributed by atoms with E-state index in [2.05, 4.69) is 39.6 Å². The Bertz CT molecular complexity index is 1070. The van der Waals surface area contributed by atoms with E-state index in [0.717, 1.165) is 11.1 Å². The van der Waals surface area contributed by atoms with Gasteiger partial charge >= 0.3 is 0 Å². The van der Waals surface area contributed by atoms with E-state index < -0.39 is 24.2 Å². The summed E-state index contributed by atoms with van der Waals surface area (Å²) in [5.41, 5.74) is 3.07. The van der Waals surface area contributed by atoms with Gasteiger partial charge in [-0.1, -0.05) is 50.2 Å². The molecule has 8 nitrogen and oxygen atoms in total. The second-order valence-corrected chi connectivity index (χ2v) is 8.56. The lowest BCUT2D eigenvalue weighted by Crippen LogP contribution is -2.47. The summed E-state index contributed by atoms with van der Waals surface area (Å²) in [6, 6.07) is 11.9. The van der Waals surface area contributed by atoms with Crippen LogP contribution in [0.25, 0.3) is 0 Å². The van der Waals surface area contributed by atoms with Gasteiger partial charge < -0.3 is 10.2 Å². The van der Waals surface area contributed by atoms with Crippen molar-refractivity contribution in [3.63, 3.8) is 0 Å². The minimum absolute atomic E-state index is 0.0440. The molecule has 1 aliphatic rings. The van der Waals surface area contributed by atoms with Crippen molar-refractivity contribution in [2.45, 2.75) is 50.9 Å². The number of carbonyl (C=O) groups excluding carboxylic acids is 2. The van der Waals surface area contributed by atoms with Gasteiger partial charge in [-0.2, -0.15) is 15.4 Å². The van der Waals surface area contributed by atoms with E-state index in [-0.39, 0.29) is 25.3 Å². The highest BCUT2D eigenvalue weighted by Gasteiger charge is 2.40.